The fourth-order valence-corrected chi connectivity index (χ4v) is 4.68. The highest BCUT2D eigenvalue weighted by Crippen LogP contribution is 2.34. The van der Waals surface area contributed by atoms with Crippen LogP contribution in [0.15, 0.2) is 18.2 Å². The Kier molecular flexibility index (Phi) is 9.45. The molecule has 1 aromatic rings. The van der Waals surface area contributed by atoms with Crippen LogP contribution in [0.1, 0.15) is 82.6 Å². The van der Waals surface area contributed by atoms with Crippen molar-refractivity contribution in [2.75, 3.05) is 33.4 Å². The van der Waals surface area contributed by atoms with Crippen LogP contribution in [-0.2, 0) is 15.9 Å². The Morgan fingerprint density at radius 1 is 1.11 bits per heavy atom. The summed E-state index contributed by atoms with van der Waals surface area (Å²) in [5.74, 6) is 1.45. The van der Waals surface area contributed by atoms with Crippen molar-refractivity contribution in [1.82, 2.24) is 9.80 Å². The highest BCUT2D eigenvalue weighted by molar-refractivity contribution is 5.95. The van der Waals surface area contributed by atoms with Gasteiger partial charge < -0.3 is 24.0 Å². The SMILES string of the molecule is COCCCOc1cc(CC2CC2)cc(C(=O)N(C(C)C)[C@@H]2CCCN(C(=O)OC(C)(C)C)C2)c1. The van der Waals surface area contributed by atoms with Crippen molar-refractivity contribution in [2.24, 2.45) is 5.92 Å². The van der Waals surface area contributed by atoms with Crippen LogP contribution in [0.3, 0.4) is 0 Å². The molecule has 3 rings (SSSR count). The Balaban J connectivity index is 1.78. The Bertz CT molecular complexity index is 859. The van der Waals surface area contributed by atoms with Crippen molar-refractivity contribution < 1.29 is 23.8 Å². The molecule has 1 saturated carbocycles. The lowest BCUT2D eigenvalue weighted by atomic mass is 9.99. The van der Waals surface area contributed by atoms with Crippen LogP contribution in [-0.4, -0.2) is 72.9 Å². The van der Waals surface area contributed by atoms with Crippen molar-refractivity contribution in [3.8, 4) is 5.75 Å². The quantitative estimate of drug-likeness (QED) is 0.418. The summed E-state index contributed by atoms with van der Waals surface area (Å²) >= 11 is 0. The zero-order valence-electron chi connectivity index (χ0n) is 22.5. The Morgan fingerprint density at radius 2 is 1.86 bits per heavy atom. The van der Waals surface area contributed by atoms with Crippen molar-refractivity contribution >= 4 is 12.0 Å². The van der Waals surface area contributed by atoms with E-state index in [1.54, 1.807) is 12.0 Å². The van der Waals surface area contributed by atoms with Gasteiger partial charge in [0.25, 0.3) is 5.91 Å². The number of carbonyl (C=O) groups excluding carboxylic acids is 2. The van der Waals surface area contributed by atoms with E-state index in [1.165, 1.54) is 12.8 Å². The van der Waals surface area contributed by atoms with E-state index in [4.69, 9.17) is 14.2 Å². The zero-order valence-corrected chi connectivity index (χ0v) is 22.5. The third kappa shape index (κ3) is 8.41. The molecule has 196 valence electrons. The highest BCUT2D eigenvalue weighted by Gasteiger charge is 2.34. The van der Waals surface area contributed by atoms with Gasteiger partial charge in [-0.2, -0.15) is 0 Å². The molecule has 2 amide bonds. The van der Waals surface area contributed by atoms with Gasteiger partial charge in [0.2, 0.25) is 0 Å². The predicted molar refractivity (Wildman–Crippen MR) is 137 cm³/mol. The number of carbonyl (C=O) groups is 2. The van der Waals surface area contributed by atoms with E-state index in [9.17, 15) is 9.59 Å². The summed E-state index contributed by atoms with van der Waals surface area (Å²) in [6, 6.07) is 5.93. The normalized spacial score (nSPS) is 18.5. The van der Waals surface area contributed by atoms with Crippen molar-refractivity contribution in [3.63, 3.8) is 0 Å². The van der Waals surface area contributed by atoms with Crippen LogP contribution >= 0.6 is 0 Å². The summed E-state index contributed by atoms with van der Waals surface area (Å²) in [4.78, 5) is 30.3. The lowest BCUT2D eigenvalue weighted by Crippen LogP contribution is -2.54. The van der Waals surface area contributed by atoms with Gasteiger partial charge in [-0.1, -0.05) is 0 Å². The third-order valence-electron chi connectivity index (χ3n) is 6.43. The summed E-state index contributed by atoms with van der Waals surface area (Å²) in [6.45, 7) is 12.0. The minimum absolute atomic E-state index is 0.00393. The first-order valence-electron chi connectivity index (χ1n) is 13.1. The topological polar surface area (TPSA) is 68.3 Å². The maximum Gasteiger partial charge on any atom is 0.410 e. The van der Waals surface area contributed by atoms with Gasteiger partial charge in [0.05, 0.1) is 12.6 Å². The monoisotopic (exact) mass is 488 g/mol. The molecule has 0 radical (unpaired) electrons. The number of methoxy groups -OCH3 is 1. The van der Waals surface area contributed by atoms with Gasteiger partial charge in [0.1, 0.15) is 11.4 Å². The van der Waals surface area contributed by atoms with Gasteiger partial charge in [-0.15, -0.1) is 0 Å². The van der Waals surface area contributed by atoms with E-state index in [0.29, 0.717) is 37.8 Å². The van der Waals surface area contributed by atoms with Gasteiger partial charge in [-0.25, -0.2) is 4.79 Å². The molecule has 1 aliphatic carbocycles. The number of amides is 2. The van der Waals surface area contributed by atoms with Crippen LogP contribution in [0.5, 0.6) is 5.75 Å². The van der Waals surface area contributed by atoms with E-state index in [0.717, 1.165) is 37.0 Å². The molecule has 1 saturated heterocycles. The number of ether oxygens (including phenoxy) is 3. The van der Waals surface area contributed by atoms with Crippen LogP contribution in [0.25, 0.3) is 0 Å². The van der Waals surface area contributed by atoms with E-state index < -0.39 is 5.60 Å². The first kappa shape index (κ1) is 27.3. The minimum atomic E-state index is -0.542. The molecule has 35 heavy (non-hydrogen) atoms. The maximum absolute atomic E-state index is 13.9. The summed E-state index contributed by atoms with van der Waals surface area (Å²) in [6.07, 6.45) is 5.68. The Labute approximate surface area is 211 Å². The van der Waals surface area contributed by atoms with Crippen LogP contribution in [0.4, 0.5) is 4.79 Å². The maximum atomic E-state index is 13.9. The van der Waals surface area contributed by atoms with Gasteiger partial charge in [0, 0.05) is 44.8 Å². The first-order chi connectivity index (χ1) is 16.6. The molecule has 1 aromatic carbocycles. The van der Waals surface area contributed by atoms with Gasteiger partial charge in [0.15, 0.2) is 0 Å². The molecule has 0 bridgehead atoms. The summed E-state index contributed by atoms with van der Waals surface area (Å²) in [7, 11) is 1.68. The highest BCUT2D eigenvalue weighted by atomic mass is 16.6. The van der Waals surface area contributed by atoms with Gasteiger partial charge >= 0.3 is 6.09 Å². The molecular weight excluding hydrogens is 444 g/mol. The van der Waals surface area contributed by atoms with Gasteiger partial charge in [-0.05, 0) is 96.4 Å². The van der Waals surface area contributed by atoms with Crippen LogP contribution < -0.4 is 4.74 Å². The summed E-state index contributed by atoms with van der Waals surface area (Å²) in [5, 5.41) is 0. The number of likely N-dealkylation sites (tertiary alicyclic amines) is 1. The molecule has 0 N–H and O–H groups in total. The second kappa shape index (κ2) is 12.1. The third-order valence-corrected chi connectivity index (χ3v) is 6.43. The van der Waals surface area contributed by atoms with E-state index in [-0.39, 0.29) is 24.1 Å². The van der Waals surface area contributed by atoms with E-state index >= 15 is 0 Å². The number of piperidine rings is 1. The van der Waals surface area contributed by atoms with E-state index in [1.807, 2.05) is 51.7 Å². The average molecular weight is 489 g/mol. The fourth-order valence-electron chi connectivity index (χ4n) is 4.68. The molecule has 0 unspecified atom stereocenters. The summed E-state index contributed by atoms with van der Waals surface area (Å²) in [5.41, 5.74) is 1.27. The number of hydrogen-bond acceptors (Lipinski definition) is 5. The standard InChI is InChI=1S/C28H44N2O5/c1-20(2)30(24-9-7-12-29(19-24)27(32)35-28(3,4)5)26(31)23-16-22(15-21-10-11-21)17-25(18-23)34-14-8-13-33-6/h16-18,20-21,24H,7-15,19H2,1-6H3/t24-/m1/s1. The predicted octanol–water partition coefficient (Wildman–Crippen LogP) is 5.30. The number of hydrogen-bond donors (Lipinski definition) is 0. The molecule has 1 aliphatic heterocycles. The zero-order chi connectivity index (χ0) is 25.6. The van der Waals surface area contributed by atoms with Crippen LogP contribution in [0.2, 0.25) is 0 Å². The molecule has 7 nitrogen and oxygen atoms in total. The van der Waals surface area contributed by atoms with E-state index in [2.05, 4.69) is 6.07 Å². The Morgan fingerprint density at radius 3 is 2.49 bits per heavy atom. The lowest BCUT2D eigenvalue weighted by Gasteiger charge is -2.41. The average Bonchev–Trinajstić information content (AvgIpc) is 3.59. The number of rotatable bonds is 10. The molecule has 0 aromatic heterocycles. The largest absolute Gasteiger partial charge is 0.493 e. The fraction of sp³-hybridized carbons (Fsp3) is 0.714. The molecule has 2 aliphatic rings. The summed E-state index contributed by atoms with van der Waals surface area (Å²) < 4.78 is 16.7. The first-order valence-corrected chi connectivity index (χ1v) is 13.1. The lowest BCUT2D eigenvalue weighted by molar-refractivity contribution is 0.00752. The smallest absolute Gasteiger partial charge is 0.410 e. The van der Waals surface area contributed by atoms with Crippen molar-refractivity contribution in [2.45, 2.75) is 90.8 Å². The van der Waals surface area contributed by atoms with Crippen LogP contribution in [0, 0.1) is 5.92 Å². The number of benzene rings is 1. The molecule has 1 atom stereocenters. The second-order valence-electron chi connectivity index (χ2n) is 11.2. The Hall–Kier alpha value is -2.28. The van der Waals surface area contributed by atoms with Crippen molar-refractivity contribution in [3.05, 3.63) is 29.3 Å². The second-order valence-corrected chi connectivity index (χ2v) is 11.2. The molecular formula is C28H44N2O5. The molecule has 1 heterocycles. The molecule has 0 spiro atoms. The minimum Gasteiger partial charge on any atom is -0.493 e. The molecule has 2 fully saturated rings. The van der Waals surface area contributed by atoms with Crippen molar-refractivity contribution in [1.29, 1.82) is 0 Å². The number of nitrogens with zero attached hydrogens (tertiary/aromatic N) is 2. The van der Waals surface area contributed by atoms with Gasteiger partial charge in [-0.3, -0.25) is 4.79 Å². The molecule has 7 heteroatoms.